The Kier molecular flexibility index (Phi) is 5.72. The summed E-state index contributed by atoms with van der Waals surface area (Å²) in [4.78, 5) is 0. The molecule has 0 aliphatic heterocycles. The number of rotatable bonds is 7. The highest BCUT2D eigenvalue weighted by molar-refractivity contribution is 5.90. The Labute approximate surface area is 177 Å². The highest BCUT2D eigenvalue weighted by Crippen LogP contribution is 2.27. The fourth-order valence-corrected chi connectivity index (χ4v) is 3.83. The smallest absolute Gasteiger partial charge is 0.122 e. The number of aromatic nitrogens is 2. The monoisotopic (exact) mass is 401 g/mol. The molecule has 1 N–H and O–H groups in total. The average molecular weight is 402 g/mol. The molecule has 30 heavy (non-hydrogen) atoms. The molecule has 4 rings (SSSR count). The Balaban J connectivity index is 1.57. The Morgan fingerprint density at radius 2 is 1.67 bits per heavy atom. The Hall–Kier alpha value is -3.31. The van der Waals surface area contributed by atoms with Crippen LogP contribution >= 0.6 is 0 Å². The number of ether oxygens (including phenoxy) is 2. The summed E-state index contributed by atoms with van der Waals surface area (Å²) in [6, 6.07) is 20.8. The molecule has 0 spiro atoms. The summed E-state index contributed by atoms with van der Waals surface area (Å²) in [6.07, 6.45) is 1.96. The topological polar surface area (TPSA) is 48.3 Å². The highest BCUT2D eigenvalue weighted by atomic mass is 16.5. The van der Waals surface area contributed by atoms with Crippen LogP contribution in [0.4, 0.5) is 0 Å². The Bertz CT molecular complexity index is 1140. The molecule has 3 aromatic carbocycles. The van der Waals surface area contributed by atoms with Gasteiger partial charge in [-0.3, -0.25) is 0 Å². The number of fused-ring (bicyclic) bond motifs is 1. The first-order valence-corrected chi connectivity index (χ1v) is 10.1. The van der Waals surface area contributed by atoms with Crippen LogP contribution < -0.4 is 14.8 Å². The molecule has 0 bridgehead atoms. The van der Waals surface area contributed by atoms with Gasteiger partial charge in [-0.2, -0.15) is 5.10 Å². The molecule has 0 fully saturated rings. The van der Waals surface area contributed by atoms with Crippen LogP contribution in [0.1, 0.15) is 29.8 Å². The fourth-order valence-electron chi connectivity index (χ4n) is 3.83. The van der Waals surface area contributed by atoms with E-state index in [2.05, 4.69) is 61.6 Å². The molecule has 0 saturated carbocycles. The second kappa shape index (κ2) is 8.59. The molecule has 5 heteroatoms. The van der Waals surface area contributed by atoms with Crippen molar-refractivity contribution in [2.45, 2.75) is 26.4 Å². The summed E-state index contributed by atoms with van der Waals surface area (Å²) in [5.74, 6) is 1.58. The molecule has 154 valence electrons. The van der Waals surface area contributed by atoms with Crippen molar-refractivity contribution in [1.82, 2.24) is 15.1 Å². The number of methoxy groups -OCH3 is 2. The summed E-state index contributed by atoms with van der Waals surface area (Å²) in [5.41, 5.74) is 4.52. The van der Waals surface area contributed by atoms with E-state index >= 15 is 0 Å². The van der Waals surface area contributed by atoms with Crippen LogP contribution in [0.3, 0.4) is 0 Å². The zero-order chi connectivity index (χ0) is 21.1. The van der Waals surface area contributed by atoms with E-state index in [-0.39, 0.29) is 6.04 Å². The average Bonchev–Trinajstić information content (AvgIpc) is 3.17. The lowest BCUT2D eigenvalue weighted by Crippen LogP contribution is -2.18. The number of nitrogens with zero attached hydrogens (tertiary/aromatic N) is 2. The largest absolute Gasteiger partial charge is 0.497 e. The van der Waals surface area contributed by atoms with Gasteiger partial charge in [-0.05, 0) is 43.0 Å². The van der Waals surface area contributed by atoms with E-state index in [0.29, 0.717) is 6.54 Å². The zero-order valence-electron chi connectivity index (χ0n) is 17.8. The predicted octanol–water partition coefficient (Wildman–Crippen LogP) is 5.20. The minimum atomic E-state index is 0.144. The lowest BCUT2D eigenvalue weighted by atomic mass is 10.1. The van der Waals surface area contributed by atoms with Crippen LogP contribution in [0.2, 0.25) is 0 Å². The molecule has 1 aromatic heterocycles. The maximum absolute atomic E-state index is 5.37. The van der Waals surface area contributed by atoms with Gasteiger partial charge in [0.2, 0.25) is 0 Å². The molecule has 5 nitrogen and oxygen atoms in total. The van der Waals surface area contributed by atoms with E-state index in [9.17, 15) is 0 Å². The minimum absolute atomic E-state index is 0.144. The molecule has 0 radical (unpaired) electrons. The second-order valence-electron chi connectivity index (χ2n) is 7.42. The van der Waals surface area contributed by atoms with Gasteiger partial charge in [-0.25, -0.2) is 4.68 Å². The minimum Gasteiger partial charge on any atom is -0.497 e. The number of nitrogens with one attached hydrogen (secondary N) is 1. The van der Waals surface area contributed by atoms with Crippen molar-refractivity contribution in [2.75, 3.05) is 14.2 Å². The molecule has 1 heterocycles. The molecule has 1 atom stereocenters. The first-order chi connectivity index (χ1) is 14.6. The van der Waals surface area contributed by atoms with E-state index in [1.165, 1.54) is 16.3 Å². The molecular weight excluding hydrogens is 374 g/mol. The predicted molar refractivity (Wildman–Crippen MR) is 121 cm³/mol. The van der Waals surface area contributed by atoms with Crippen LogP contribution in [0, 0.1) is 6.92 Å². The van der Waals surface area contributed by atoms with E-state index in [1.54, 1.807) is 14.2 Å². The standard InChI is InChI=1S/C25H27N3O2/c1-17(26-15-19-12-21(29-3)14-22(13-19)30-4)24-16-27-28(18(24)2)25-11-7-9-20-8-5-6-10-23(20)25/h5-14,16-17,26H,15H2,1-4H3/t17-/m0/s1. The van der Waals surface area contributed by atoms with Crippen molar-refractivity contribution >= 4 is 10.8 Å². The molecular formula is C25H27N3O2. The van der Waals surface area contributed by atoms with Gasteiger partial charge in [-0.15, -0.1) is 0 Å². The van der Waals surface area contributed by atoms with Gasteiger partial charge in [0.1, 0.15) is 11.5 Å². The fraction of sp³-hybridized carbons (Fsp3) is 0.240. The highest BCUT2D eigenvalue weighted by Gasteiger charge is 2.15. The van der Waals surface area contributed by atoms with Gasteiger partial charge in [-0.1, -0.05) is 36.4 Å². The normalized spacial score (nSPS) is 12.1. The second-order valence-corrected chi connectivity index (χ2v) is 7.42. The Morgan fingerprint density at radius 1 is 0.967 bits per heavy atom. The van der Waals surface area contributed by atoms with Gasteiger partial charge >= 0.3 is 0 Å². The van der Waals surface area contributed by atoms with E-state index in [0.717, 1.165) is 28.4 Å². The van der Waals surface area contributed by atoms with Crippen molar-refractivity contribution in [2.24, 2.45) is 0 Å². The van der Waals surface area contributed by atoms with Crippen LogP contribution in [0.25, 0.3) is 16.5 Å². The Morgan fingerprint density at radius 3 is 2.40 bits per heavy atom. The van der Waals surface area contributed by atoms with E-state index < -0.39 is 0 Å². The lowest BCUT2D eigenvalue weighted by Gasteiger charge is -2.16. The maximum atomic E-state index is 5.37. The van der Waals surface area contributed by atoms with Crippen molar-refractivity contribution in [3.63, 3.8) is 0 Å². The number of hydrogen-bond donors (Lipinski definition) is 1. The summed E-state index contributed by atoms with van der Waals surface area (Å²) < 4.78 is 12.8. The number of hydrogen-bond acceptors (Lipinski definition) is 4. The third-order valence-electron chi connectivity index (χ3n) is 5.53. The van der Waals surface area contributed by atoms with E-state index in [4.69, 9.17) is 14.6 Å². The zero-order valence-corrected chi connectivity index (χ0v) is 17.8. The molecule has 0 aliphatic rings. The SMILES string of the molecule is COc1cc(CN[C@@H](C)c2cnn(-c3cccc4ccccc34)c2C)cc(OC)c1. The van der Waals surface area contributed by atoms with E-state index in [1.807, 2.05) is 29.1 Å². The van der Waals surface area contributed by atoms with Crippen molar-refractivity contribution in [3.05, 3.63) is 83.7 Å². The quantitative estimate of drug-likeness (QED) is 0.462. The first-order valence-electron chi connectivity index (χ1n) is 10.1. The first kappa shape index (κ1) is 20.0. The van der Waals surface area contributed by atoms with Crippen molar-refractivity contribution in [3.8, 4) is 17.2 Å². The van der Waals surface area contributed by atoms with Gasteiger partial charge in [0.05, 0.1) is 26.1 Å². The summed E-state index contributed by atoms with van der Waals surface area (Å²) >= 11 is 0. The molecule has 0 amide bonds. The van der Waals surface area contributed by atoms with Gasteiger partial charge in [0.25, 0.3) is 0 Å². The van der Waals surface area contributed by atoms with Crippen LogP contribution in [-0.2, 0) is 6.54 Å². The summed E-state index contributed by atoms with van der Waals surface area (Å²) in [7, 11) is 3.33. The molecule has 0 unspecified atom stereocenters. The van der Waals surface area contributed by atoms with Gasteiger partial charge < -0.3 is 14.8 Å². The summed E-state index contributed by atoms with van der Waals surface area (Å²) in [6.45, 7) is 4.99. The lowest BCUT2D eigenvalue weighted by molar-refractivity contribution is 0.392. The number of benzene rings is 3. The van der Waals surface area contributed by atoms with Crippen molar-refractivity contribution < 1.29 is 9.47 Å². The van der Waals surface area contributed by atoms with Crippen molar-refractivity contribution in [1.29, 1.82) is 0 Å². The van der Waals surface area contributed by atoms with Crippen LogP contribution in [0.15, 0.2) is 66.9 Å². The maximum Gasteiger partial charge on any atom is 0.122 e. The van der Waals surface area contributed by atoms with Gasteiger partial charge in [0.15, 0.2) is 0 Å². The molecule has 4 aromatic rings. The van der Waals surface area contributed by atoms with Crippen LogP contribution in [-0.4, -0.2) is 24.0 Å². The third kappa shape index (κ3) is 3.89. The molecule has 0 aliphatic carbocycles. The van der Waals surface area contributed by atoms with Gasteiger partial charge in [0, 0.05) is 35.3 Å². The summed E-state index contributed by atoms with van der Waals surface area (Å²) in [5, 5.41) is 10.7. The van der Waals surface area contributed by atoms with Crippen LogP contribution in [0.5, 0.6) is 11.5 Å². The molecule has 0 saturated heterocycles. The third-order valence-corrected chi connectivity index (χ3v) is 5.53.